The first-order valence-electron chi connectivity index (χ1n) is 8.56. The Labute approximate surface area is 142 Å². The summed E-state index contributed by atoms with van der Waals surface area (Å²) in [7, 11) is -3.74. The molecule has 0 saturated carbocycles. The number of hydrogen-bond acceptors (Lipinski definition) is 4. The molecule has 6 N–H and O–H groups in total. The van der Waals surface area contributed by atoms with Crippen molar-refractivity contribution in [1.82, 2.24) is 4.90 Å². The number of hydrogen-bond donors (Lipinski definition) is 3. The van der Waals surface area contributed by atoms with Gasteiger partial charge in [-0.15, -0.1) is 0 Å². The van der Waals surface area contributed by atoms with Crippen molar-refractivity contribution in [3.63, 3.8) is 0 Å². The predicted octanol–water partition coefficient (Wildman–Crippen LogP) is 3.16. The van der Waals surface area contributed by atoms with E-state index >= 15 is 0 Å². The van der Waals surface area contributed by atoms with Gasteiger partial charge in [0.2, 0.25) is 0 Å². The van der Waals surface area contributed by atoms with Gasteiger partial charge in [0.25, 0.3) is 0 Å². The lowest BCUT2D eigenvalue weighted by Gasteiger charge is -2.43. The molecule has 0 aliphatic carbocycles. The number of nitrogens with two attached hydrogens (primary N) is 3. The van der Waals surface area contributed by atoms with Gasteiger partial charge >= 0.3 is 0 Å². The Morgan fingerprint density at radius 3 is 0.864 bits per heavy atom. The van der Waals surface area contributed by atoms with Gasteiger partial charge in [0.05, 0.1) is 18.5 Å². The summed E-state index contributed by atoms with van der Waals surface area (Å²) in [5.41, 5.74) is 19.7. The molecule has 0 aliphatic rings. The molecule has 0 bridgehead atoms. The van der Waals surface area contributed by atoms with Crippen molar-refractivity contribution in [1.29, 1.82) is 0 Å². The van der Waals surface area contributed by atoms with Crippen LogP contribution in [0.15, 0.2) is 0 Å². The van der Waals surface area contributed by atoms with Crippen LogP contribution >= 0.6 is 0 Å². The monoisotopic (exact) mass is 362 g/mol. The molecule has 0 amide bonds. The molecule has 0 rings (SSSR count). The van der Waals surface area contributed by atoms with Crippen molar-refractivity contribution in [2.45, 2.75) is 95.6 Å². The van der Waals surface area contributed by atoms with E-state index in [2.05, 4.69) is 63.8 Å². The predicted molar refractivity (Wildman–Crippen MR) is 110 cm³/mol. The summed E-state index contributed by atoms with van der Waals surface area (Å²) >= 11 is 0. The molecule has 0 saturated heterocycles. The van der Waals surface area contributed by atoms with Crippen LogP contribution in [-0.2, 0) is 0 Å². The maximum Gasteiger partial charge on any atom is 0.0576 e. The second kappa shape index (κ2) is 8.04. The SMILES string of the molecule is C[Si](C)(C)CC(N)N(C(N)C[Si](C)(C)C)C(N)C[Si](C)(C)C. The van der Waals surface area contributed by atoms with Crippen LogP contribution in [0.1, 0.15) is 0 Å². The minimum Gasteiger partial charge on any atom is -0.316 e. The van der Waals surface area contributed by atoms with Gasteiger partial charge in [0, 0.05) is 24.2 Å². The van der Waals surface area contributed by atoms with E-state index in [1.165, 1.54) is 0 Å². The molecule has 3 unspecified atom stereocenters. The summed E-state index contributed by atoms with van der Waals surface area (Å²) in [4.78, 5) is 2.24. The molecule has 7 heteroatoms. The highest BCUT2D eigenvalue weighted by atomic mass is 28.3. The highest BCUT2D eigenvalue weighted by Gasteiger charge is 2.34. The van der Waals surface area contributed by atoms with Gasteiger partial charge in [-0.25, -0.2) is 0 Å². The molecule has 0 aromatic rings. The summed E-state index contributed by atoms with van der Waals surface area (Å²) in [5.74, 6) is 0. The average molecular weight is 363 g/mol. The first-order valence-corrected chi connectivity index (χ1v) is 19.7. The van der Waals surface area contributed by atoms with Gasteiger partial charge in [0.15, 0.2) is 0 Å². The molecule has 134 valence electrons. The summed E-state index contributed by atoms with van der Waals surface area (Å²) in [5, 5.41) is 0. The topological polar surface area (TPSA) is 81.3 Å². The summed E-state index contributed by atoms with van der Waals surface area (Å²) < 4.78 is 0. The quantitative estimate of drug-likeness (QED) is 0.434. The van der Waals surface area contributed by atoms with E-state index in [1.54, 1.807) is 0 Å². The van der Waals surface area contributed by atoms with Crippen LogP contribution in [0, 0.1) is 0 Å². The minimum atomic E-state index is -1.25. The largest absolute Gasteiger partial charge is 0.316 e. The molecule has 0 aromatic carbocycles. The van der Waals surface area contributed by atoms with Crippen LogP contribution in [0.25, 0.3) is 0 Å². The molecule has 0 spiro atoms. The van der Waals surface area contributed by atoms with Gasteiger partial charge in [-0.1, -0.05) is 58.9 Å². The number of nitrogens with zero attached hydrogens (tertiary/aromatic N) is 1. The van der Waals surface area contributed by atoms with E-state index in [0.717, 1.165) is 18.1 Å². The smallest absolute Gasteiger partial charge is 0.0576 e. The maximum absolute atomic E-state index is 6.58. The van der Waals surface area contributed by atoms with Crippen LogP contribution in [0.2, 0.25) is 77.1 Å². The van der Waals surface area contributed by atoms with E-state index < -0.39 is 24.2 Å². The van der Waals surface area contributed by atoms with Crippen molar-refractivity contribution in [3.05, 3.63) is 0 Å². The molecule has 22 heavy (non-hydrogen) atoms. The highest BCUT2D eigenvalue weighted by molar-refractivity contribution is 6.77. The van der Waals surface area contributed by atoms with Crippen molar-refractivity contribution >= 4 is 24.2 Å². The molecule has 0 aliphatic heterocycles. The maximum atomic E-state index is 6.58. The zero-order valence-corrected chi connectivity index (χ0v) is 19.5. The fourth-order valence-corrected chi connectivity index (χ4v) is 7.33. The van der Waals surface area contributed by atoms with Crippen molar-refractivity contribution in [3.8, 4) is 0 Å². The van der Waals surface area contributed by atoms with Gasteiger partial charge in [-0.3, -0.25) is 4.90 Å². The summed E-state index contributed by atoms with van der Waals surface area (Å²) in [6, 6.07) is 3.14. The Hall–Kier alpha value is 0.491. The van der Waals surface area contributed by atoms with Gasteiger partial charge in [-0.2, -0.15) is 0 Å². The van der Waals surface area contributed by atoms with Crippen LogP contribution in [0.5, 0.6) is 0 Å². The third-order valence-corrected chi connectivity index (χ3v) is 8.54. The lowest BCUT2D eigenvalue weighted by molar-refractivity contribution is 0.110. The van der Waals surface area contributed by atoms with Crippen LogP contribution in [0.3, 0.4) is 0 Å². The van der Waals surface area contributed by atoms with E-state index in [-0.39, 0.29) is 18.5 Å². The van der Waals surface area contributed by atoms with Crippen molar-refractivity contribution in [2.24, 2.45) is 17.2 Å². The normalized spacial score (nSPS) is 18.4. The zero-order valence-electron chi connectivity index (χ0n) is 16.5. The second-order valence-electron chi connectivity index (χ2n) is 10.4. The third kappa shape index (κ3) is 10.3. The first kappa shape index (κ1) is 22.5. The summed E-state index contributed by atoms with van der Waals surface area (Å²) in [6.45, 7) is 21.2. The van der Waals surface area contributed by atoms with Crippen molar-refractivity contribution in [2.75, 3.05) is 0 Å². The highest BCUT2D eigenvalue weighted by Crippen LogP contribution is 2.23. The van der Waals surface area contributed by atoms with E-state index in [0.29, 0.717) is 0 Å². The molecule has 4 nitrogen and oxygen atoms in total. The fourth-order valence-electron chi connectivity index (χ4n) is 2.94. The Balaban J connectivity index is 5.21. The second-order valence-corrected chi connectivity index (χ2v) is 27.0. The average Bonchev–Trinajstić information content (AvgIpc) is 2.06. The Kier molecular flexibility index (Phi) is 8.22. The molecular formula is C15H42N4Si3. The Morgan fingerprint density at radius 2 is 0.727 bits per heavy atom. The Bertz CT molecular complexity index is 279. The van der Waals surface area contributed by atoms with Gasteiger partial charge in [0.1, 0.15) is 0 Å². The molecule has 0 fully saturated rings. The van der Waals surface area contributed by atoms with Gasteiger partial charge < -0.3 is 17.2 Å². The standard InChI is InChI=1S/C15H42N4Si3/c1-20(2,3)10-13(16)19(14(17)11-21(4,5)6)15(18)12-22(7,8)9/h13-15H,10-12,16-18H2,1-9H3. The van der Waals surface area contributed by atoms with Crippen molar-refractivity contribution < 1.29 is 0 Å². The number of rotatable bonds is 9. The molecule has 3 atom stereocenters. The molecular weight excluding hydrogens is 320 g/mol. The van der Waals surface area contributed by atoms with Crippen LogP contribution in [0.4, 0.5) is 0 Å². The zero-order chi connectivity index (χ0) is 17.9. The van der Waals surface area contributed by atoms with E-state index in [1.807, 2.05) is 0 Å². The van der Waals surface area contributed by atoms with Crippen LogP contribution < -0.4 is 17.2 Å². The molecule has 0 aromatic heterocycles. The summed E-state index contributed by atoms with van der Waals surface area (Å²) in [6.07, 6.45) is -0.0295. The molecule has 0 radical (unpaired) electrons. The first-order chi connectivity index (χ1) is 9.52. The van der Waals surface area contributed by atoms with Crippen LogP contribution in [-0.4, -0.2) is 47.6 Å². The molecule has 0 heterocycles. The third-order valence-electron chi connectivity index (χ3n) is 3.61. The van der Waals surface area contributed by atoms with E-state index in [4.69, 9.17) is 17.2 Å². The van der Waals surface area contributed by atoms with E-state index in [9.17, 15) is 0 Å². The lowest BCUT2D eigenvalue weighted by atomic mass is 10.3. The minimum absolute atomic E-state index is 0.00985. The van der Waals surface area contributed by atoms with Gasteiger partial charge in [-0.05, 0) is 18.1 Å². The fraction of sp³-hybridized carbons (Fsp3) is 1.00. The Morgan fingerprint density at radius 1 is 0.545 bits per heavy atom. The lowest BCUT2D eigenvalue weighted by Crippen LogP contribution is -2.62.